The van der Waals surface area contributed by atoms with E-state index in [1.165, 1.54) is 17.2 Å². The molecule has 11 heteroatoms. The number of hydrogen-bond acceptors (Lipinski definition) is 7. The molecule has 8 nitrogen and oxygen atoms in total. The number of nitrogens with zero attached hydrogens (tertiary/aromatic N) is 3. The van der Waals surface area contributed by atoms with Crippen LogP contribution in [0.3, 0.4) is 0 Å². The van der Waals surface area contributed by atoms with Crippen LogP contribution in [0.1, 0.15) is 83.8 Å². The molecule has 3 heterocycles. The summed E-state index contributed by atoms with van der Waals surface area (Å²) in [5.41, 5.74) is -5.22. The maximum Gasteiger partial charge on any atom is 0.257 e. The molecule has 234 valence electrons. The van der Waals surface area contributed by atoms with Gasteiger partial charge in [0, 0.05) is 55.7 Å². The Morgan fingerprint density at radius 1 is 1.20 bits per heavy atom. The largest absolute Gasteiger partial charge is 0.382 e. The van der Waals surface area contributed by atoms with E-state index in [2.05, 4.69) is 4.98 Å². The van der Waals surface area contributed by atoms with Gasteiger partial charge in [-0.2, -0.15) is 5.26 Å². The molecule has 1 unspecified atom stereocenters. The van der Waals surface area contributed by atoms with Crippen LogP contribution in [-0.4, -0.2) is 51.7 Å². The van der Waals surface area contributed by atoms with Crippen molar-refractivity contribution in [3.05, 3.63) is 99.1 Å². The number of Topliss-reactive ketones (excluding diaryl/α,β-unsaturated/α-hetero) is 1. The number of aliphatic hydroxyl groups is 1. The average Bonchev–Trinajstić information content (AvgIpc) is 3.56. The highest BCUT2D eigenvalue weighted by Crippen LogP contribution is 2.52. The van der Waals surface area contributed by atoms with Gasteiger partial charge in [0.2, 0.25) is 5.72 Å². The number of carbonyl (C=O) groups is 2. The first-order valence-corrected chi connectivity index (χ1v) is 15.4. The summed E-state index contributed by atoms with van der Waals surface area (Å²) in [5, 5.41) is 21.5. The van der Waals surface area contributed by atoms with Crippen molar-refractivity contribution in [3.8, 4) is 6.07 Å². The molecule has 1 saturated heterocycles. The van der Waals surface area contributed by atoms with E-state index >= 15 is 8.78 Å². The normalized spacial score (nSPS) is 23.9. The summed E-state index contributed by atoms with van der Waals surface area (Å²) in [7, 11) is 0. The number of pyridine rings is 1. The zero-order valence-electron chi connectivity index (χ0n) is 24.7. The summed E-state index contributed by atoms with van der Waals surface area (Å²) in [5.74, 6) is -1.51. The fourth-order valence-corrected chi connectivity index (χ4v) is 7.01. The summed E-state index contributed by atoms with van der Waals surface area (Å²) >= 11 is 6.23. The lowest BCUT2D eigenvalue weighted by atomic mass is 9.72. The van der Waals surface area contributed by atoms with Crippen LogP contribution < -0.4 is 0 Å². The van der Waals surface area contributed by atoms with E-state index in [4.69, 9.17) is 21.1 Å². The Bertz CT molecular complexity index is 1670. The van der Waals surface area contributed by atoms with Gasteiger partial charge in [0.05, 0.1) is 35.0 Å². The molecule has 3 atom stereocenters. The van der Waals surface area contributed by atoms with Crippen LogP contribution in [0.2, 0.25) is 5.02 Å². The molecule has 1 saturated carbocycles. The van der Waals surface area contributed by atoms with Crippen LogP contribution in [0.4, 0.5) is 8.78 Å². The number of aromatic nitrogens is 1. The van der Waals surface area contributed by atoms with E-state index in [1.54, 1.807) is 43.3 Å². The second kappa shape index (κ2) is 11.9. The van der Waals surface area contributed by atoms with Crippen LogP contribution >= 0.6 is 11.6 Å². The predicted molar refractivity (Wildman–Crippen MR) is 159 cm³/mol. The van der Waals surface area contributed by atoms with Crippen molar-refractivity contribution in [2.45, 2.75) is 75.1 Å². The van der Waals surface area contributed by atoms with Gasteiger partial charge in [0.15, 0.2) is 0 Å². The fraction of sp³-hybridized carbons (Fsp3) is 0.412. The zero-order chi connectivity index (χ0) is 32.0. The van der Waals surface area contributed by atoms with Crippen LogP contribution in [0.5, 0.6) is 0 Å². The van der Waals surface area contributed by atoms with Gasteiger partial charge in [0.1, 0.15) is 28.9 Å². The number of hydrogen-bond donors (Lipinski definition) is 1. The highest BCUT2D eigenvalue weighted by Gasteiger charge is 2.58. The number of amides is 1. The van der Waals surface area contributed by atoms with E-state index in [0.29, 0.717) is 28.3 Å². The molecule has 1 N–H and O–H groups in total. The second-order valence-corrected chi connectivity index (χ2v) is 12.3. The third kappa shape index (κ3) is 5.22. The highest BCUT2D eigenvalue weighted by atomic mass is 35.5. The fourth-order valence-electron chi connectivity index (χ4n) is 6.89. The lowest BCUT2D eigenvalue weighted by molar-refractivity contribution is -0.155. The SMILES string of the molecule is CCC(O)(c1cc(F)c2c(c1)C(=O)N(Cc1ccc(C#N)cn1)[C@@]2(O[C@H]1CCC(=O)C1)c1ccc(Cl)cc1)C1(F)CCOCC1. The van der Waals surface area contributed by atoms with Gasteiger partial charge in [-0.15, -0.1) is 0 Å². The zero-order valence-corrected chi connectivity index (χ0v) is 25.4. The maximum absolute atomic E-state index is 16.8. The van der Waals surface area contributed by atoms with Crippen LogP contribution in [0.15, 0.2) is 54.7 Å². The maximum atomic E-state index is 16.8. The summed E-state index contributed by atoms with van der Waals surface area (Å²) in [6, 6.07) is 14.1. The molecule has 2 fully saturated rings. The quantitative estimate of drug-likeness (QED) is 0.330. The highest BCUT2D eigenvalue weighted by molar-refractivity contribution is 6.30. The van der Waals surface area contributed by atoms with Crippen molar-refractivity contribution >= 4 is 23.3 Å². The molecule has 2 aliphatic heterocycles. The van der Waals surface area contributed by atoms with Gasteiger partial charge >= 0.3 is 0 Å². The van der Waals surface area contributed by atoms with E-state index in [9.17, 15) is 20.0 Å². The molecular formula is C34H32ClF2N3O5. The Morgan fingerprint density at radius 2 is 1.93 bits per heavy atom. The topological polar surface area (TPSA) is 113 Å². The summed E-state index contributed by atoms with van der Waals surface area (Å²) < 4.78 is 45.3. The van der Waals surface area contributed by atoms with Crippen LogP contribution in [-0.2, 0) is 32.1 Å². The predicted octanol–water partition coefficient (Wildman–Crippen LogP) is 5.86. The molecule has 3 aromatic rings. The monoisotopic (exact) mass is 635 g/mol. The van der Waals surface area contributed by atoms with E-state index < -0.39 is 34.8 Å². The third-order valence-corrected chi connectivity index (χ3v) is 9.60. The number of alkyl halides is 1. The molecule has 6 rings (SSSR count). The molecule has 3 aliphatic rings. The summed E-state index contributed by atoms with van der Waals surface area (Å²) in [4.78, 5) is 32.5. The minimum Gasteiger partial charge on any atom is -0.382 e. The number of rotatable bonds is 8. The Morgan fingerprint density at radius 3 is 2.53 bits per heavy atom. The van der Waals surface area contributed by atoms with Crippen molar-refractivity contribution in [1.29, 1.82) is 5.26 Å². The van der Waals surface area contributed by atoms with Crippen molar-refractivity contribution in [3.63, 3.8) is 0 Å². The first-order chi connectivity index (χ1) is 21.5. The van der Waals surface area contributed by atoms with Crippen molar-refractivity contribution in [2.24, 2.45) is 0 Å². The first-order valence-electron chi connectivity index (χ1n) is 15.0. The molecular weight excluding hydrogens is 604 g/mol. The van der Waals surface area contributed by atoms with Gasteiger partial charge in [-0.25, -0.2) is 8.78 Å². The van der Waals surface area contributed by atoms with Crippen molar-refractivity contribution in [2.75, 3.05) is 13.2 Å². The van der Waals surface area contributed by atoms with Gasteiger partial charge in [-0.1, -0.05) is 30.7 Å². The van der Waals surface area contributed by atoms with Gasteiger partial charge in [-0.3, -0.25) is 19.5 Å². The van der Waals surface area contributed by atoms with Gasteiger partial charge < -0.3 is 14.6 Å². The number of ketones is 1. The Hall–Kier alpha value is -3.75. The molecule has 0 radical (unpaired) electrons. The van der Waals surface area contributed by atoms with E-state index in [0.717, 1.165) is 6.07 Å². The number of ether oxygens (including phenoxy) is 2. The molecule has 1 amide bonds. The molecule has 1 aliphatic carbocycles. The van der Waals surface area contributed by atoms with Crippen molar-refractivity contribution in [1.82, 2.24) is 9.88 Å². The molecule has 1 aromatic heterocycles. The smallest absolute Gasteiger partial charge is 0.257 e. The minimum absolute atomic E-state index is 0.00959. The first kappa shape index (κ1) is 31.2. The number of benzene rings is 2. The standard InChI is InChI=1S/C34H32ClF2N3O5/c1-2-33(43,32(37)11-13-44-14-12-32)23-15-28-30(29(36)16-23)34(22-4-6-24(35)7-5-22,45-27-10-9-26(41)17-27)40(31(28)42)20-25-8-3-21(18-38)19-39-25/h3-8,15-16,19,27,43H,2,9-14,17,20H2,1H3/t27-,33?,34+/m0/s1. The second-order valence-electron chi connectivity index (χ2n) is 11.9. The third-order valence-electron chi connectivity index (χ3n) is 9.35. The Balaban J connectivity index is 1.57. The molecule has 0 spiro atoms. The van der Waals surface area contributed by atoms with Gasteiger partial charge in [-0.05, 0) is 54.8 Å². The lowest BCUT2D eigenvalue weighted by Gasteiger charge is -2.44. The van der Waals surface area contributed by atoms with Crippen LogP contribution in [0, 0.1) is 17.1 Å². The minimum atomic E-state index is -2.11. The number of nitriles is 1. The average molecular weight is 636 g/mol. The lowest BCUT2D eigenvalue weighted by Crippen LogP contribution is -2.51. The molecule has 2 aromatic carbocycles. The molecule has 0 bridgehead atoms. The Labute approximate surface area is 264 Å². The molecule has 45 heavy (non-hydrogen) atoms. The Kier molecular flexibility index (Phi) is 8.25. The number of carbonyl (C=O) groups excluding carboxylic acids is 2. The number of halogens is 3. The van der Waals surface area contributed by atoms with Gasteiger partial charge in [0.25, 0.3) is 5.91 Å². The van der Waals surface area contributed by atoms with Crippen molar-refractivity contribution < 1.29 is 33.0 Å². The van der Waals surface area contributed by atoms with E-state index in [-0.39, 0.29) is 74.3 Å². The van der Waals surface area contributed by atoms with Crippen LogP contribution in [0.25, 0.3) is 0 Å². The van der Waals surface area contributed by atoms with E-state index in [1.807, 2.05) is 6.07 Å². The summed E-state index contributed by atoms with van der Waals surface area (Å²) in [6.07, 6.45) is 1.24. The summed E-state index contributed by atoms with van der Waals surface area (Å²) in [6.45, 7) is 1.67. The number of fused-ring (bicyclic) bond motifs is 1.